The molecule has 0 aliphatic rings. The van der Waals surface area contributed by atoms with E-state index in [9.17, 15) is 0 Å². The van der Waals surface area contributed by atoms with Gasteiger partial charge in [-0.05, 0) is 50.4 Å². The van der Waals surface area contributed by atoms with Gasteiger partial charge >= 0.3 is 0 Å². The van der Waals surface area contributed by atoms with Crippen molar-refractivity contribution in [2.24, 2.45) is 5.92 Å². The maximum Gasteiger partial charge on any atom is 0.157 e. The lowest BCUT2D eigenvalue weighted by Gasteiger charge is -2.05. The van der Waals surface area contributed by atoms with E-state index in [2.05, 4.69) is 66.0 Å². The fourth-order valence-corrected chi connectivity index (χ4v) is 2.83. The third-order valence-electron chi connectivity index (χ3n) is 2.53. The van der Waals surface area contributed by atoms with Crippen molar-refractivity contribution < 1.29 is 0 Å². The lowest BCUT2D eigenvalue weighted by Crippen LogP contribution is -2.19. The normalized spacial score (nSPS) is 11.2. The summed E-state index contributed by atoms with van der Waals surface area (Å²) in [6, 6.07) is 1.96. The molecule has 0 saturated heterocycles. The lowest BCUT2D eigenvalue weighted by molar-refractivity contribution is 0.549. The van der Waals surface area contributed by atoms with Crippen LogP contribution in [0.5, 0.6) is 0 Å². The number of pyridine rings is 1. The summed E-state index contributed by atoms with van der Waals surface area (Å²) in [5.41, 5.74) is 1.88. The van der Waals surface area contributed by atoms with E-state index in [1.165, 1.54) is 0 Å². The quantitative estimate of drug-likeness (QED) is 0.821. The van der Waals surface area contributed by atoms with Crippen molar-refractivity contribution in [2.45, 2.75) is 20.4 Å². The number of H-pyrrole nitrogens is 1. The first-order valence-electron chi connectivity index (χ1n) is 6.12. The Bertz CT molecular complexity index is 551. The number of hydrogen-bond acceptors (Lipinski definition) is 3. The molecule has 2 N–H and O–H groups in total. The van der Waals surface area contributed by atoms with Crippen LogP contribution < -0.4 is 5.32 Å². The van der Waals surface area contributed by atoms with Gasteiger partial charge in [0.05, 0.1) is 6.20 Å². The monoisotopic (exact) mass is 386 g/mol. The van der Waals surface area contributed by atoms with Gasteiger partial charge in [-0.25, -0.2) is 4.98 Å². The van der Waals surface area contributed by atoms with E-state index in [0.717, 1.165) is 39.2 Å². The molecule has 0 atom stereocenters. The molecular formula is C13H16Br2N4. The lowest BCUT2D eigenvalue weighted by atomic mass is 10.2. The number of rotatable bonds is 5. The minimum Gasteiger partial charge on any atom is -0.339 e. The molecular weight excluding hydrogens is 372 g/mol. The highest BCUT2D eigenvalue weighted by atomic mass is 79.9. The molecule has 2 aromatic rings. The van der Waals surface area contributed by atoms with Gasteiger partial charge < -0.3 is 10.3 Å². The predicted octanol–water partition coefficient (Wildman–Crippen LogP) is 3.74. The molecule has 0 radical (unpaired) electrons. The first-order valence-corrected chi connectivity index (χ1v) is 7.71. The standard InChI is InChI=1S/C13H16Br2N4/c1-8(2)4-16-6-10-7-18-13(19-10)12-11(15)3-9(14)5-17-12/h3,5,7-8,16H,4,6H2,1-2H3,(H,18,19). The Morgan fingerprint density at radius 2 is 2.05 bits per heavy atom. The predicted molar refractivity (Wildman–Crippen MR) is 83.8 cm³/mol. The third kappa shape index (κ3) is 4.12. The Labute approximate surface area is 129 Å². The van der Waals surface area contributed by atoms with Gasteiger partial charge in [0.2, 0.25) is 0 Å². The molecule has 19 heavy (non-hydrogen) atoms. The smallest absolute Gasteiger partial charge is 0.157 e. The number of imidazole rings is 1. The van der Waals surface area contributed by atoms with Gasteiger partial charge in [0.1, 0.15) is 5.69 Å². The van der Waals surface area contributed by atoms with E-state index in [4.69, 9.17) is 0 Å². The van der Waals surface area contributed by atoms with Crippen LogP contribution in [0, 0.1) is 5.92 Å². The van der Waals surface area contributed by atoms with E-state index in [1.807, 2.05) is 12.3 Å². The maximum absolute atomic E-state index is 4.37. The van der Waals surface area contributed by atoms with Gasteiger partial charge in [0.25, 0.3) is 0 Å². The van der Waals surface area contributed by atoms with Crippen molar-refractivity contribution >= 4 is 31.9 Å². The number of nitrogens with one attached hydrogen (secondary N) is 2. The summed E-state index contributed by atoms with van der Waals surface area (Å²) in [4.78, 5) is 12.0. The van der Waals surface area contributed by atoms with Gasteiger partial charge in [-0.2, -0.15) is 0 Å². The van der Waals surface area contributed by atoms with E-state index >= 15 is 0 Å². The zero-order valence-electron chi connectivity index (χ0n) is 10.9. The molecule has 0 bridgehead atoms. The fourth-order valence-electron chi connectivity index (χ4n) is 1.65. The highest BCUT2D eigenvalue weighted by molar-refractivity contribution is 9.11. The van der Waals surface area contributed by atoms with Gasteiger partial charge in [0, 0.05) is 27.4 Å². The van der Waals surface area contributed by atoms with E-state index in [1.54, 1.807) is 6.20 Å². The van der Waals surface area contributed by atoms with Crippen LogP contribution in [-0.2, 0) is 6.54 Å². The number of nitrogens with zero attached hydrogens (tertiary/aromatic N) is 2. The molecule has 0 fully saturated rings. The van der Waals surface area contributed by atoms with Crippen LogP contribution in [0.4, 0.5) is 0 Å². The molecule has 0 aromatic carbocycles. The SMILES string of the molecule is CC(C)CNCc1cnc(-c2ncc(Br)cc2Br)[nH]1. The highest BCUT2D eigenvalue weighted by Gasteiger charge is 2.09. The van der Waals surface area contributed by atoms with Gasteiger partial charge in [0.15, 0.2) is 5.82 Å². The number of aromatic amines is 1. The van der Waals surface area contributed by atoms with Gasteiger partial charge in [-0.15, -0.1) is 0 Å². The van der Waals surface area contributed by atoms with Crippen molar-refractivity contribution in [3.8, 4) is 11.5 Å². The first-order chi connectivity index (χ1) is 9.06. The molecule has 6 heteroatoms. The molecule has 0 aliphatic heterocycles. The fraction of sp³-hybridized carbons (Fsp3) is 0.385. The summed E-state index contributed by atoms with van der Waals surface area (Å²) < 4.78 is 1.85. The molecule has 102 valence electrons. The van der Waals surface area contributed by atoms with E-state index < -0.39 is 0 Å². The van der Waals surface area contributed by atoms with Crippen LogP contribution in [-0.4, -0.2) is 21.5 Å². The average molecular weight is 388 g/mol. The Hall–Kier alpha value is -0.720. The summed E-state index contributed by atoms with van der Waals surface area (Å²) in [6.07, 6.45) is 3.61. The van der Waals surface area contributed by atoms with Crippen LogP contribution >= 0.6 is 31.9 Å². The van der Waals surface area contributed by atoms with E-state index in [0.29, 0.717) is 5.92 Å². The van der Waals surface area contributed by atoms with Gasteiger partial charge in [-0.3, -0.25) is 4.98 Å². The summed E-state index contributed by atoms with van der Waals surface area (Å²) >= 11 is 6.89. The van der Waals surface area contributed by atoms with Crippen molar-refractivity contribution in [2.75, 3.05) is 6.54 Å². The zero-order valence-corrected chi connectivity index (χ0v) is 14.0. The zero-order chi connectivity index (χ0) is 13.8. The summed E-state index contributed by atoms with van der Waals surface area (Å²) in [5.74, 6) is 1.42. The third-order valence-corrected chi connectivity index (χ3v) is 3.57. The molecule has 4 nitrogen and oxygen atoms in total. The first kappa shape index (κ1) is 14.7. The average Bonchev–Trinajstić information content (AvgIpc) is 2.77. The van der Waals surface area contributed by atoms with E-state index in [-0.39, 0.29) is 0 Å². The Morgan fingerprint density at radius 1 is 1.26 bits per heavy atom. The molecule has 0 saturated carbocycles. The van der Waals surface area contributed by atoms with Crippen molar-refractivity contribution in [1.82, 2.24) is 20.3 Å². The molecule has 2 rings (SSSR count). The summed E-state index contributed by atoms with van der Waals surface area (Å²) in [7, 11) is 0. The Balaban J connectivity index is 2.08. The molecule has 0 amide bonds. The molecule has 2 aromatic heterocycles. The topological polar surface area (TPSA) is 53.6 Å². The van der Waals surface area contributed by atoms with Gasteiger partial charge in [-0.1, -0.05) is 13.8 Å². The Kier molecular flexibility index (Phi) is 5.13. The molecule has 0 spiro atoms. The molecule has 0 unspecified atom stereocenters. The number of hydrogen-bond donors (Lipinski definition) is 2. The summed E-state index contributed by atoms with van der Waals surface area (Å²) in [5, 5.41) is 3.38. The van der Waals surface area contributed by atoms with Crippen LogP contribution in [0.2, 0.25) is 0 Å². The largest absolute Gasteiger partial charge is 0.339 e. The summed E-state index contributed by atoms with van der Waals surface area (Å²) in [6.45, 7) is 6.16. The number of halogens is 2. The van der Waals surface area contributed by atoms with Crippen molar-refractivity contribution in [3.05, 3.63) is 33.1 Å². The molecule has 0 aliphatic carbocycles. The maximum atomic E-state index is 4.37. The van der Waals surface area contributed by atoms with Crippen LogP contribution in [0.15, 0.2) is 27.4 Å². The second kappa shape index (κ2) is 6.63. The van der Waals surface area contributed by atoms with Crippen LogP contribution in [0.3, 0.4) is 0 Å². The number of aromatic nitrogens is 3. The van der Waals surface area contributed by atoms with Crippen LogP contribution in [0.25, 0.3) is 11.5 Å². The molecule has 2 heterocycles. The van der Waals surface area contributed by atoms with Crippen LogP contribution in [0.1, 0.15) is 19.5 Å². The van der Waals surface area contributed by atoms with Crippen molar-refractivity contribution in [3.63, 3.8) is 0 Å². The minimum absolute atomic E-state index is 0.643. The Morgan fingerprint density at radius 3 is 2.74 bits per heavy atom. The second-order valence-electron chi connectivity index (χ2n) is 4.77. The second-order valence-corrected chi connectivity index (χ2v) is 6.54. The highest BCUT2D eigenvalue weighted by Crippen LogP contribution is 2.26. The van der Waals surface area contributed by atoms with Crippen molar-refractivity contribution in [1.29, 1.82) is 0 Å². The minimum atomic E-state index is 0.643.